The predicted molar refractivity (Wildman–Crippen MR) is 87.9 cm³/mol. The van der Waals surface area contributed by atoms with E-state index in [2.05, 4.69) is 11.4 Å². The van der Waals surface area contributed by atoms with Gasteiger partial charge in [0.25, 0.3) is 5.91 Å². The number of nitriles is 1. The fraction of sp³-hybridized carbons (Fsp3) is 0.389. The van der Waals surface area contributed by atoms with Gasteiger partial charge in [-0.25, -0.2) is 4.79 Å². The zero-order valence-corrected chi connectivity index (χ0v) is 13.6. The number of carbonyl (C=O) groups excluding carboxylic acids is 2. The maximum atomic E-state index is 11.8. The molecule has 24 heavy (non-hydrogen) atoms. The summed E-state index contributed by atoms with van der Waals surface area (Å²) in [5.74, 6) is -0.340. The summed E-state index contributed by atoms with van der Waals surface area (Å²) < 4.78 is 9.95. The monoisotopic (exact) mass is 328 g/mol. The second-order valence-corrected chi connectivity index (χ2v) is 5.66. The molecule has 0 aromatic heterocycles. The van der Waals surface area contributed by atoms with Crippen molar-refractivity contribution in [1.29, 1.82) is 5.26 Å². The zero-order valence-electron chi connectivity index (χ0n) is 13.6. The summed E-state index contributed by atoms with van der Waals surface area (Å²) in [5.41, 5.74) is 0.00851. The highest BCUT2D eigenvalue weighted by Crippen LogP contribution is 2.28. The predicted octanol–water partition coefficient (Wildman–Crippen LogP) is 2.20. The van der Waals surface area contributed by atoms with Crippen LogP contribution in [0.3, 0.4) is 0 Å². The van der Waals surface area contributed by atoms with Gasteiger partial charge < -0.3 is 14.8 Å². The van der Waals surface area contributed by atoms with Crippen molar-refractivity contribution in [1.82, 2.24) is 5.32 Å². The van der Waals surface area contributed by atoms with Crippen LogP contribution in [0.4, 0.5) is 0 Å². The van der Waals surface area contributed by atoms with E-state index in [0.717, 1.165) is 24.2 Å². The van der Waals surface area contributed by atoms with Gasteiger partial charge in [-0.1, -0.05) is 12.1 Å². The zero-order chi connectivity index (χ0) is 17.4. The highest BCUT2D eigenvalue weighted by Gasteiger charge is 2.35. The van der Waals surface area contributed by atoms with E-state index >= 15 is 0 Å². The lowest BCUT2D eigenvalue weighted by atomic mass is 10.00. The van der Waals surface area contributed by atoms with Gasteiger partial charge >= 0.3 is 5.97 Å². The lowest BCUT2D eigenvalue weighted by molar-refractivity contribution is -0.144. The number of esters is 1. The van der Waals surface area contributed by atoms with E-state index < -0.39 is 24.0 Å². The Kier molecular flexibility index (Phi) is 5.96. The summed E-state index contributed by atoms with van der Waals surface area (Å²) in [7, 11) is 1.58. The first-order valence-corrected chi connectivity index (χ1v) is 7.78. The van der Waals surface area contributed by atoms with Crippen molar-refractivity contribution >= 4 is 18.0 Å². The Morgan fingerprint density at radius 1 is 1.29 bits per heavy atom. The van der Waals surface area contributed by atoms with Crippen LogP contribution in [0, 0.1) is 11.3 Å². The minimum atomic E-state index is -0.803. The van der Waals surface area contributed by atoms with Crippen LogP contribution in [-0.2, 0) is 14.3 Å². The van der Waals surface area contributed by atoms with Crippen LogP contribution < -0.4 is 10.1 Å². The van der Waals surface area contributed by atoms with Crippen molar-refractivity contribution in [2.24, 2.45) is 0 Å². The third-order valence-corrected chi connectivity index (χ3v) is 3.92. The average molecular weight is 328 g/mol. The van der Waals surface area contributed by atoms with Crippen molar-refractivity contribution in [3.63, 3.8) is 0 Å². The number of hydrogen-bond acceptors (Lipinski definition) is 5. The molecule has 0 aliphatic heterocycles. The van der Waals surface area contributed by atoms with Crippen molar-refractivity contribution in [3.8, 4) is 11.8 Å². The summed E-state index contributed by atoms with van der Waals surface area (Å²) in [5, 5.41) is 11.9. The Bertz CT molecular complexity index is 653. The van der Waals surface area contributed by atoms with Crippen LogP contribution in [0.2, 0.25) is 0 Å². The lowest BCUT2D eigenvalue weighted by Gasteiger charge is -2.21. The molecule has 0 atom stereocenters. The third-order valence-electron chi connectivity index (χ3n) is 3.92. The van der Waals surface area contributed by atoms with Gasteiger partial charge in [-0.3, -0.25) is 4.79 Å². The maximum Gasteiger partial charge on any atom is 0.331 e. The molecule has 1 N–H and O–H groups in total. The van der Waals surface area contributed by atoms with Crippen molar-refractivity contribution in [2.75, 3.05) is 13.7 Å². The number of carbonyl (C=O) groups is 2. The standard InChI is InChI=1S/C18H20N2O4/c1-23-15-7-4-14(5-8-15)6-9-17(22)24-12-16(21)20-18(13-19)10-2-3-11-18/h4-9H,2-3,10-12H2,1H3,(H,20,21)/b9-6+. The molecule has 1 aliphatic carbocycles. The normalized spacial score (nSPS) is 15.7. The Morgan fingerprint density at radius 2 is 1.96 bits per heavy atom. The SMILES string of the molecule is COc1ccc(/C=C/C(=O)OCC(=O)NC2(C#N)CCCC2)cc1. The van der Waals surface area contributed by atoms with Crippen LogP contribution >= 0.6 is 0 Å². The molecule has 1 saturated carbocycles. The van der Waals surface area contributed by atoms with Crippen molar-refractivity contribution < 1.29 is 19.1 Å². The van der Waals surface area contributed by atoms with Gasteiger partial charge in [0.2, 0.25) is 0 Å². The summed E-state index contributed by atoms with van der Waals surface area (Å²) >= 11 is 0. The van der Waals surface area contributed by atoms with Crippen molar-refractivity contribution in [2.45, 2.75) is 31.2 Å². The van der Waals surface area contributed by atoms with Gasteiger partial charge in [-0.05, 0) is 49.5 Å². The number of nitrogens with one attached hydrogen (secondary N) is 1. The van der Waals surface area contributed by atoms with Gasteiger partial charge in [0.05, 0.1) is 13.2 Å². The Balaban J connectivity index is 1.78. The highest BCUT2D eigenvalue weighted by atomic mass is 16.5. The number of rotatable bonds is 6. The maximum absolute atomic E-state index is 11.8. The second kappa shape index (κ2) is 8.16. The number of amides is 1. The molecule has 0 heterocycles. The van der Waals surface area contributed by atoms with Crippen LogP contribution in [0.15, 0.2) is 30.3 Å². The van der Waals surface area contributed by atoms with Gasteiger partial charge in [0, 0.05) is 6.08 Å². The first-order valence-electron chi connectivity index (χ1n) is 7.78. The minimum Gasteiger partial charge on any atom is -0.497 e. The first kappa shape index (κ1) is 17.5. The Labute approximate surface area is 141 Å². The van der Waals surface area contributed by atoms with E-state index in [1.807, 2.05) is 0 Å². The highest BCUT2D eigenvalue weighted by molar-refractivity contribution is 5.89. The number of nitrogens with zero attached hydrogens (tertiary/aromatic N) is 1. The number of benzene rings is 1. The summed E-state index contributed by atoms with van der Waals surface area (Å²) in [6, 6.07) is 9.31. The molecule has 126 valence electrons. The van der Waals surface area contributed by atoms with E-state index in [4.69, 9.17) is 9.47 Å². The molecule has 6 nitrogen and oxygen atoms in total. The molecule has 6 heteroatoms. The van der Waals surface area contributed by atoms with E-state index in [1.54, 1.807) is 37.5 Å². The molecule has 2 rings (SSSR count). The Hall–Kier alpha value is -2.81. The molecule has 0 radical (unpaired) electrons. The largest absolute Gasteiger partial charge is 0.497 e. The van der Waals surface area contributed by atoms with E-state index in [-0.39, 0.29) is 0 Å². The van der Waals surface area contributed by atoms with Crippen molar-refractivity contribution in [3.05, 3.63) is 35.9 Å². The lowest BCUT2D eigenvalue weighted by Crippen LogP contribution is -2.46. The average Bonchev–Trinajstić information content (AvgIpc) is 3.07. The quantitative estimate of drug-likeness (QED) is 0.639. The Morgan fingerprint density at radius 3 is 2.54 bits per heavy atom. The number of methoxy groups -OCH3 is 1. The molecule has 0 unspecified atom stereocenters. The fourth-order valence-electron chi connectivity index (χ4n) is 2.61. The third kappa shape index (κ3) is 4.85. The summed E-state index contributed by atoms with van der Waals surface area (Å²) in [6.07, 6.45) is 5.95. The van der Waals surface area contributed by atoms with Gasteiger partial charge in [-0.15, -0.1) is 0 Å². The van der Waals surface area contributed by atoms with Gasteiger partial charge in [-0.2, -0.15) is 5.26 Å². The van der Waals surface area contributed by atoms with Gasteiger partial charge in [0.15, 0.2) is 6.61 Å². The van der Waals surface area contributed by atoms with Crippen LogP contribution in [0.1, 0.15) is 31.2 Å². The van der Waals surface area contributed by atoms with Crippen LogP contribution in [0.25, 0.3) is 6.08 Å². The first-order chi connectivity index (χ1) is 11.6. The smallest absolute Gasteiger partial charge is 0.331 e. The molecule has 0 spiro atoms. The van der Waals surface area contributed by atoms with Gasteiger partial charge in [0.1, 0.15) is 11.3 Å². The molecular weight excluding hydrogens is 308 g/mol. The molecule has 1 aliphatic rings. The molecule has 1 fully saturated rings. The number of hydrogen-bond donors (Lipinski definition) is 1. The molecular formula is C18H20N2O4. The summed E-state index contributed by atoms with van der Waals surface area (Å²) in [4.78, 5) is 23.5. The molecule has 1 amide bonds. The van der Waals surface area contributed by atoms with E-state index in [9.17, 15) is 14.9 Å². The molecule has 0 saturated heterocycles. The van der Waals surface area contributed by atoms with E-state index in [1.165, 1.54) is 6.08 Å². The summed E-state index contributed by atoms with van der Waals surface area (Å²) in [6.45, 7) is -0.394. The molecule has 0 bridgehead atoms. The molecule has 1 aromatic rings. The van der Waals surface area contributed by atoms with E-state index in [0.29, 0.717) is 12.8 Å². The minimum absolute atomic E-state index is 0.394. The molecule has 1 aromatic carbocycles. The fourth-order valence-corrected chi connectivity index (χ4v) is 2.61. The number of ether oxygens (including phenoxy) is 2. The van der Waals surface area contributed by atoms with Crippen LogP contribution in [0.5, 0.6) is 5.75 Å². The van der Waals surface area contributed by atoms with Crippen LogP contribution in [-0.4, -0.2) is 31.1 Å². The second-order valence-electron chi connectivity index (χ2n) is 5.66. The topological polar surface area (TPSA) is 88.4 Å².